The van der Waals surface area contributed by atoms with Gasteiger partial charge in [0.25, 0.3) is 0 Å². The predicted molar refractivity (Wildman–Crippen MR) is 66.2 cm³/mol. The lowest BCUT2D eigenvalue weighted by Crippen LogP contribution is -2.46. The van der Waals surface area contributed by atoms with Crippen LogP contribution in [0.1, 0.15) is 39.0 Å². The van der Waals surface area contributed by atoms with Gasteiger partial charge in [-0.15, -0.1) is 0 Å². The minimum absolute atomic E-state index is 0.0343. The minimum Gasteiger partial charge on any atom is -0.409 e. The number of amides is 1. The summed E-state index contributed by atoms with van der Waals surface area (Å²) in [5.74, 6) is 0.0817. The van der Waals surface area contributed by atoms with Gasteiger partial charge in [-0.1, -0.05) is 11.6 Å². The van der Waals surface area contributed by atoms with Gasteiger partial charge in [0.2, 0.25) is 5.91 Å². The molecule has 0 bridgehead atoms. The molecule has 1 heterocycles. The number of nitrogens with one attached hydrogen (secondary N) is 1. The fraction of sp³-hybridized carbons (Fsp3) is 0.833. The summed E-state index contributed by atoms with van der Waals surface area (Å²) in [6.45, 7) is 1.97. The molecule has 0 aromatic rings. The van der Waals surface area contributed by atoms with E-state index in [0.29, 0.717) is 0 Å². The van der Waals surface area contributed by atoms with E-state index in [1.165, 1.54) is 0 Å². The van der Waals surface area contributed by atoms with Gasteiger partial charge >= 0.3 is 0 Å². The molecule has 1 saturated carbocycles. The van der Waals surface area contributed by atoms with Crippen LogP contribution in [0.5, 0.6) is 0 Å². The fourth-order valence-electron chi connectivity index (χ4n) is 2.83. The van der Waals surface area contributed by atoms with Gasteiger partial charge in [-0.25, -0.2) is 0 Å². The molecule has 1 amide bonds. The summed E-state index contributed by atoms with van der Waals surface area (Å²) >= 11 is 0. The van der Waals surface area contributed by atoms with Crippen molar-refractivity contribution in [3.63, 3.8) is 0 Å². The Kier molecular flexibility index (Phi) is 4.06. The Morgan fingerprint density at radius 3 is 2.78 bits per heavy atom. The van der Waals surface area contributed by atoms with Gasteiger partial charge in [-0.3, -0.25) is 4.79 Å². The summed E-state index contributed by atoms with van der Waals surface area (Å²) in [7, 11) is 0. The molecule has 0 aromatic heterocycles. The summed E-state index contributed by atoms with van der Waals surface area (Å²) in [6, 6.07) is -0.0343. The van der Waals surface area contributed by atoms with E-state index in [2.05, 4.69) is 10.5 Å². The van der Waals surface area contributed by atoms with Crippen molar-refractivity contribution < 1.29 is 14.7 Å². The van der Waals surface area contributed by atoms with Gasteiger partial charge in [0.05, 0.1) is 6.10 Å². The van der Waals surface area contributed by atoms with Crippen molar-refractivity contribution in [1.82, 2.24) is 5.32 Å². The van der Waals surface area contributed by atoms with E-state index in [0.717, 1.165) is 32.1 Å². The first-order valence-electron chi connectivity index (χ1n) is 6.55. The maximum atomic E-state index is 12.0. The highest BCUT2D eigenvalue weighted by molar-refractivity contribution is 5.85. The summed E-state index contributed by atoms with van der Waals surface area (Å²) in [5, 5.41) is 14.7. The zero-order valence-electron chi connectivity index (χ0n) is 10.6. The molecule has 0 radical (unpaired) electrons. The Balaban J connectivity index is 1.90. The Morgan fingerprint density at radius 2 is 2.17 bits per heavy atom. The van der Waals surface area contributed by atoms with E-state index in [-0.39, 0.29) is 35.9 Å². The second-order valence-electron chi connectivity index (χ2n) is 5.19. The van der Waals surface area contributed by atoms with Crippen LogP contribution >= 0.6 is 0 Å². The van der Waals surface area contributed by atoms with E-state index in [1.54, 1.807) is 0 Å². The molecule has 102 valence electrons. The minimum atomic E-state index is -0.339. The molecule has 6 nitrogen and oxygen atoms in total. The largest absolute Gasteiger partial charge is 0.409 e. The van der Waals surface area contributed by atoms with Crippen LogP contribution in [0.15, 0.2) is 5.16 Å². The third-order valence-electron chi connectivity index (χ3n) is 3.86. The zero-order chi connectivity index (χ0) is 13.1. The smallest absolute Gasteiger partial charge is 0.249 e. The molecule has 2 fully saturated rings. The third-order valence-corrected chi connectivity index (χ3v) is 3.86. The summed E-state index contributed by atoms with van der Waals surface area (Å²) in [6.07, 6.45) is 4.21. The highest BCUT2D eigenvalue weighted by atomic mass is 16.5. The molecule has 1 aliphatic carbocycles. The van der Waals surface area contributed by atoms with E-state index in [4.69, 9.17) is 15.7 Å². The predicted octanol–water partition coefficient (Wildman–Crippen LogP) is 0.585. The molecule has 0 aromatic carbocycles. The zero-order valence-corrected chi connectivity index (χ0v) is 10.6. The monoisotopic (exact) mass is 255 g/mol. The number of carbonyl (C=O) groups excluding carboxylic acids is 1. The Morgan fingerprint density at radius 1 is 1.39 bits per heavy atom. The van der Waals surface area contributed by atoms with Crippen LogP contribution in [0.3, 0.4) is 0 Å². The number of oxime groups is 1. The first-order chi connectivity index (χ1) is 8.61. The lowest BCUT2D eigenvalue weighted by molar-refractivity contribution is -0.132. The molecule has 4 atom stereocenters. The van der Waals surface area contributed by atoms with Crippen LogP contribution < -0.4 is 11.1 Å². The summed E-state index contributed by atoms with van der Waals surface area (Å²) in [4.78, 5) is 12.0. The standard InChI is InChI=1S/C12H21N3O3/c1-7-5-6-10(18-7)12(16)14-9-4-2-3-8(9)11(13)15-17/h7-10,17H,2-6H2,1H3,(H2,13,15)(H,14,16). The van der Waals surface area contributed by atoms with Crippen molar-refractivity contribution in [2.45, 2.75) is 57.3 Å². The van der Waals surface area contributed by atoms with Gasteiger partial charge in [-0.2, -0.15) is 0 Å². The van der Waals surface area contributed by atoms with Gasteiger partial charge in [0, 0.05) is 12.0 Å². The topological polar surface area (TPSA) is 96.9 Å². The van der Waals surface area contributed by atoms with Crippen LogP contribution in [-0.2, 0) is 9.53 Å². The molecular formula is C12H21N3O3. The maximum absolute atomic E-state index is 12.0. The number of ether oxygens (including phenoxy) is 1. The van der Waals surface area contributed by atoms with Crippen LogP contribution in [-0.4, -0.2) is 35.2 Å². The Hall–Kier alpha value is -1.30. The van der Waals surface area contributed by atoms with Gasteiger partial charge in [0.15, 0.2) is 0 Å². The number of nitrogens with two attached hydrogens (primary N) is 1. The van der Waals surface area contributed by atoms with Crippen molar-refractivity contribution in [3.05, 3.63) is 0 Å². The molecule has 6 heteroatoms. The fourth-order valence-corrected chi connectivity index (χ4v) is 2.83. The van der Waals surface area contributed by atoms with E-state index >= 15 is 0 Å². The van der Waals surface area contributed by atoms with E-state index < -0.39 is 0 Å². The summed E-state index contributed by atoms with van der Waals surface area (Å²) < 4.78 is 5.53. The highest BCUT2D eigenvalue weighted by Crippen LogP contribution is 2.27. The maximum Gasteiger partial charge on any atom is 0.249 e. The van der Waals surface area contributed by atoms with Crippen LogP contribution in [0, 0.1) is 5.92 Å². The second kappa shape index (κ2) is 5.56. The molecule has 2 rings (SSSR count). The number of amidine groups is 1. The van der Waals surface area contributed by atoms with E-state index in [9.17, 15) is 4.79 Å². The van der Waals surface area contributed by atoms with Crippen molar-refractivity contribution in [3.8, 4) is 0 Å². The van der Waals surface area contributed by atoms with Gasteiger partial charge in [0.1, 0.15) is 11.9 Å². The Bertz CT molecular complexity index is 345. The SMILES string of the molecule is CC1CCC(C(=O)NC2CCCC2C(N)=NO)O1. The summed E-state index contributed by atoms with van der Waals surface area (Å²) in [5.41, 5.74) is 5.64. The molecule has 1 saturated heterocycles. The van der Waals surface area contributed by atoms with Crippen molar-refractivity contribution in [2.24, 2.45) is 16.8 Å². The molecule has 2 aliphatic rings. The number of carbonyl (C=O) groups is 1. The third kappa shape index (κ3) is 2.75. The number of nitrogens with zero attached hydrogens (tertiary/aromatic N) is 1. The molecule has 18 heavy (non-hydrogen) atoms. The normalized spacial score (nSPS) is 36.8. The first kappa shape index (κ1) is 13.1. The molecule has 4 unspecified atom stereocenters. The average Bonchev–Trinajstić information content (AvgIpc) is 2.97. The number of hydrogen-bond donors (Lipinski definition) is 3. The van der Waals surface area contributed by atoms with Gasteiger partial charge < -0.3 is 21.0 Å². The van der Waals surface area contributed by atoms with Crippen LogP contribution in [0.4, 0.5) is 0 Å². The molecule has 1 aliphatic heterocycles. The number of rotatable bonds is 3. The first-order valence-corrected chi connectivity index (χ1v) is 6.55. The lowest BCUT2D eigenvalue weighted by Gasteiger charge is -2.21. The quantitative estimate of drug-likeness (QED) is 0.297. The van der Waals surface area contributed by atoms with Crippen LogP contribution in [0.25, 0.3) is 0 Å². The molecular weight excluding hydrogens is 234 g/mol. The molecule has 4 N–H and O–H groups in total. The number of hydrogen-bond acceptors (Lipinski definition) is 4. The Labute approximate surface area is 107 Å². The lowest BCUT2D eigenvalue weighted by atomic mass is 10.0. The van der Waals surface area contributed by atoms with Crippen molar-refractivity contribution in [1.29, 1.82) is 0 Å². The van der Waals surface area contributed by atoms with Crippen molar-refractivity contribution in [2.75, 3.05) is 0 Å². The molecule has 0 spiro atoms. The van der Waals surface area contributed by atoms with E-state index in [1.807, 2.05) is 6.92 Å². The van der Waals surface area contributed by atoms with Crippen molar-refractivity contribution >= 4 is 11.7 Å². The van der Waals surface area contributed by atoms with Gasteiger partial charge in [-0.05, 0) is 32.6 Å². The highest BCUT2D eigenvalue weighted by Gasteiger charge is 2.35. The average molecular weight is 255 g/mol. The van der Waals surface area contributed by atoms with Crippen LogP contribution in [0.2, 0.25) is 0 Å². The second-order valence-corrected chi connectivity index (χ2v) is 5.19.